The van der Waals surface area contributed by atoms with Crippen LogP contribution in [-0.4, -0.2) is 17.7 Å². The third-order valence-corrected chi connectivity index (χ3v) is 3.23. The van der Waals surface area contributed by atoms with E-state index in [4.69, 9.17) is 5.73 Å². The van der Waals surface area contributed by atoms with E-state index < -0.39 is 12.7 Å². The van der Waals surface area contributed by atoms with Crippen LogP contribution in [0.3, 0.4) is 0 Å². The summed E-state index contributed by atoms with van der Waals surface area (Å²) < 4.78 is 36.2. The standard InChI is InChI=1S/C12H12F3N3S/c13-12(14,15)7-17-11-18-10(6-19-11)9-3-1-8(5-16)2-4-9/h1-4,6H,5,7,16H2,(H,17,18). The summed E-state index contributed by atoms with van der Waals surface area (Å²) in [6, 6.07) is 7.45. The van der Waals surface area contributed by atoms with Crippen molar-refractivity contribution < 1.29 is 13.2 Å². The Morgan fingerprint density at radius 3 is 2.47 bits per heavy atom. The zero-order valence-corrected chi connectivity index (χ0v) is 10.7. The van der Waals surface area contributed by atoms with Crippen molar-refractivity contribution in [3.63, 3.8) is 0 Å². The lowest BCUT2D eigenvalue weighted by Gasteiger charge is -2.06. The van der Waals surface area contributed by atoms with Gasteiger partial charge in [0.1, 0.15) is 6.54 Å². The fourth-order valence-electron chi connectivity index (χ4n) is 1.47. The number of nitrogens with one attached hydrogen (secondary N) is 1. The second kappa shape index (κ2) is 5.58. The lowest BCUT2D eigenvalue weighted by Crippen LogP contribution is -2.21. The number of aromatic nitrogens is 1. The Morgan fingerprint density at radius 1 is 1.21 bits per heavy atom. The molecule has 0 saturated heterocycles. The van der Waals surface area contributed by atoms with Gasteiger partial charge in [0.05, 0.1) is 5.69 Å². The highest BCUT2D eigenvalue weighted by Crippen LogP contribution is 2.26. The Bertz CT molecular complexity index is 534. The number of nitrogens with two attached hydrogens (primary N) is 1. The van der Waals surface area contributed by atoms with Gasteiger partial charge in [-0.15, -0.1) is 11.3 Å². The van der Waals surface area contributed by atoms with Crippen molar-refractivity contribution in [1.29, 1.82) is 0 Å². The van der Waals surface area contributed by atoms with Gasteiger partial charge >= 0.3 is 6.18 Å². The normalized spacial score (nSPS) is 11.6. The molecule has 3 nitrogen and oxygen atoms in total. The van der Waals surface area contributed by atoms with Gasteiger partial charge in [-0.1, -0.05) is 24.3 Å². The van der Waals surface area contributed by atoms with E-state index in [1.54, 1.807) is 5.38 Å². The van der Waals surface area contributed by atoms with E-state index in [9.17, 15) is 13.2 Å². The highest BCUT2D eigenvalue weighted by atomic mass is 32.1. The number of rotatable bonds is 4. The molecule has 7 heteroatoms. The number of nitrogens with zero attached hydrogens (tertiary/aromatic N) is 1. The fourth-order valence-corrected chi connectivity index (χ4v) is 2.19. The number of thiazole rings is 1. The van der Waals surface area contributed by atoms with E-state index in [0.717, 1.165) is 22.5 Å². The zero-order valence-electron chi connectivity index (χ0n) is 9.87. The van der Waals surface area contributed by atoms with Crippen LogP contribution in [0.4, 0.5) is 18.3 Å². The minimum absolute atomic E-state index is 0.259. The number of anilines is 1. The SMILES string of the molecule is NCc1ccc(-c2csc(NCC(F)(F)F)n2)cc1. The summed E-state index contributed by atoms with van der Waals surface area (Å²) in [5.41, 5.74) is 7.99. The van der Waals surface area contributed by atoms with E-state index in [1.807, 2.05) is 24.3 Å². The molecule has 0 spiro atoms. The average Bonchev–Trinajstić information content (AvgIpc) is 2.84. The Hall–Kier alpha value is -1.60. The summed E-state index contributed by atoms with van der Waals surface area (Å²) in [5, 5.41) is 4.24. The number of hydrogen-bond donors (Lipinski definition) is 2. The highest BCUT2D eigenvalue weighted by Gasteiger charge is 2.27. The maximum Gasteiger partial charge on any atom is 0.405 e. The van der Waals surface area contributed by atoms with E-state index >= 15 is 0 Å². The van der Waals surface area contributed by atoms with Crippen LogP contribution >= 0.6 is 11.3 Å². The molecule has 0 atom stereocenters. The largest absolute Gasteiger partial charge is 0.405 e. The van der Waals surface area contributed by atoms with Crippen molar-refractivity contribution in [1.82, 2.24) is 4.98 Å². The zero-order chi connectivity index (χ0) is 13.9. The van der Waals surface area contributed by atoms with Crippen molar-refractivity contribution in [3.8, 4) is 11.3 Å². The van der Waals surface area contributed by atoms with Gasteiger partial charge in [0, 0.05) is 17.5 Å². The van der Waals surface area contributed by atoms with Crippen molar-refractivity contribution >= 4 is 16.5 Å². The van der Waals surface area contributed by atoms with Crippen LogP contribution in [0.15, 0.2) is 29.6 Å². The third-order valence-electron chi connectivity index (χ3n) is 2.43. The molecule has 0 bridgehead atoms. The first kappa shape index (κ1) is 13.8. The monoisotopic (exact) mass is 287 g/mol. The molecule has 0 aliphatic rings. The van der Waals surface area contributed by atoms with Crippen LogP contribution in [0, 0.1) is 0 Å². The first-order valence-corrected chi connectivity index (χ1v) is 6.41. The van der Waals surface area contributed by atoms with Gasteiger partial charge in [-0.05, 0) is 5.56 Å². The molecular weight excluding hydrogens is 275 g/mol. The van der Waals surface area contributed by atoms with E-state index in [0.29, 0.717) is 12.2 Å². The van der Waals surface area contributed by atoms with Crippen LogP contribution in [0.5, 0.6) is 0 Å². The van der Waals surface area contributed by atoms with Crippen molar-refractivity contribution in [2.75, 3.05) is 11.9 Å². The van der Waals surface area contributed by atoms with Gasteiger partial charge < -0.3 is 11.1 Å². The first-order valence-electron chi connectivity index (χ1n) is 5.53. The predicted octanol–water partition coefficient (Wildman–Crippen LogP) is 3.24. The van der Waals surface area contributed by atoms with Gasteiger partial charge in [-0.3, -0.25) is 0 Å². The second-order valence-corrected chi connectivity index (χ2v) is 4.77. The molecular formula is C12H12F3N3S. The maximum absolute atomic E-state index is 12.1. The molecule has 19 heavy (non-hydrogen) atoms. The summed E-state index contributed by atoms with van der Waals surface area (Å²) in [7, 11) is 0. The Morgan fingerprint density at radius 2 is 1.89 bits per heavy atom. The van der Waals surface area contributed by atoms with Crippen molar-refractivity contribution in [2.24, 2.45) is 5.73 Å². The van der Waals surface area contributed by atoms with E-state index in [-0.39, 0.29) is 5.13 Å². The third kappa shape index (κ3) is 3.93. The van der Waals surface area contributed by atoms with Gasteiger partial charge in [0.15, 0.2) is 5.13 Å². The van der Waals surface area contributed by atoms with Gasteiger partial charge in [0.2, 0.25) is 0 Å². The molecule has 0 aliphatic heterocycles. The van der Waals surface area contributed by atoms with Crippen molar-refractivity contribution in [2.45, 2.75) is 12.7 Å². The molecule has 0 fully saturated rings. The molecule has 0 amide bonds. The summed E-state index contributed by atoms with van der Waals surface area (Å²) in [6.07, 6.45) is -4.24. The minimum atomic E-state index is -4.24. The fraction of sp³-hybridized carbons (Fsp3) is 0.250. The summed E-state index contributed by atoms with van der Waals surface area (Å²) in [5.74, 6) is 0. The number of halogens is 3. The molecule has 3 N–H and O–H groups in total. The molecule has 0 radical (unpaired) electrons. The topological polar surface area (TPSA) is 50.9 Å². The van der Waals surface area contributed by atoms with Gasteiger partial charge in [-0.2, -0.15) is 13.2 Å². The highest BCUT2D eigenvalue weighted by molar-refractivity contribution is 7.14. The van der Waals surface area contributed by atoms with Gasteiger partial charge in [0.25, 0.3) is 0 Å². The van der Waals surface area contributed by atoms with Crippen LogP contribution < -0.4 is 11.1 Å². The molecule has 102 valence electrons. The molecule has 1 aromatic heterocycles. The molecule has 0 unspecified atom stereocenters. The number of hydrogen-bond acceptors (Lipinski definition) is 4. The summed E-state index contributed by atoms with van der Waals surface area (Å²) >= 11 is 1.15. The van der Waals surface area contributed by atoms with E-state index in [2.05, 4.69) is 10.3 Å². The van der Waals surface area contributed by atoms with Crippen LogP contribution in [0.2, 0.25) is 0 Å². The lowest BCUT2D eigenvalue weighted by atomic mass is 10.1. The van der Waals surface area contributed by atoms with Gasteiger partial charge in [-0.25, -0.2) is 4.98 Å². The maximum atomic E-state index is 12.1. The molecule has 2 rings (SSSR count). The van der Waals surface area contributed by atoms with E-state index in [1.165, 1.54) is 0 Å². The first-order chi connectivity index (χ1) is 8.98. The summed E-state index contributed by atoms with van der Waals surface area (Å²) in [6.45, 7) is -0.623. The second-order valence-electron chi connectivity index (χ2n) is 3.91. The molecule has 1 heterocycles. The Balaban J connectivity index is 2.07. The Labute approximate surface area is 112 Å². The van der Waals surface area contributed by atoms with Crippen LogP contribution in [0.25, 0.3) is 11.3 Å². The quantitative estimate of drug-likeness (QED) is 0.907. The summed E-state index contributed by atoms with van der Waals surface area (Å²) in [4.78, 5) is 4.12. The van der Waals surface area contributed by atoms with Crippen molar-refractivity contribution in [3.05, 3.63) is 35.2 Å². The Kier molecular flexibility index (Phi) is 4.06. The smallest absolute Gasteiger partial charge is 0.352 e. The molecule has 0 aliphatic carbocycles. The lowest BCUT2D eigenvalue weighted by molar-refractivity contribution is -0.115. The van der Waals surface area contributed by atoms with Crippen LogP contribution in [0.1, 0.15) is 5.56 Å². The molecule has 0 saturated carbocycles. The number of benzene rings is 1. The van der Waals surface area contributed by atoms with Crippen LogP contribution in [-0.2, 0) is 6.54 Å². The minimum Gasteiger partial charge on any atom is -0.352 e. The number of alkyl halides is 3. The average molecular weight is 287 g/mol. The molecule has 2 aromatic rings. The molecule has 1 aromatic carbocycles. The predicted molar refractivity (Wildman–Crippen MR) is 70.0 cm³/mol.